The number of halogens is 1. The molecule has 1 N–H and O–H groups in total. The largest absolute Gasteiger partial charge is 0.311 e. The molecule has 0 aromatic heterocycles. The van der Waals surface area contributed by atoms with Crippen molar-refractivity contribution >= 4 is 22.6 Å². The second-order valence-electron chi connectivity index (χ2n) is 6.63. The molecule has 1 saturated heterocycles. The van der Waals surface area contributed by atoms with Gasteiger partial charge in [-0.25, -0.2) is 0 Å². The number of nitrogens with one attached hydrogen (secondary N) is 1. The highest BCUT2D eigenvalue weighted by Crippen LogP contribution is 2.21. The van der Waals surface area contributed by atoms with Gasteiger partial charge in [0.2, 0.25) is 0 Å². The molecule has 1 fully saturated rings. The first-order valence-electron chi connectivity index (χ1n) is 7.69. The third kappa shape index (κ3) is 4.18. The van der Waals surface area contributed by atoms with Gasteiger partial charge in [0.15, 0.2) is 0 Å². The second-order valence-corrected chi connectivity index (χ2v) is 7.87. The van der Waals surface area contributed by atoms with E-state index in [0.717, 1.165) is 19.6 Å². The maximum Gasteiger partial charge on any atom is 0.0247 e. The predicted molar refractivity (Wildman–Crippen MR) is 94.8 cm³/mol. The minimum absolute atomic E-state index is 0.619. The Kier molecular flexibility index (Phi) is 5.87. The van der Waals surface area contributed by atoms with Crippen molar-refractivity contribution in [2.24, 2.45) is 11.8 Å². The van der Waals surface area contributed by atoms with Gasteiger partial charge in [-0.1, -0.05) is 39.8 Å². The highest BCUT2D eigenvalue weighted by Gasteiger charge is 2.30. The molecule has 1 aromatic rings. The van der Waals surface area contributed by atoms with Gasteiger partial charge in [-0.3, -0.25) is 4.90 Å². The molecule has 20 heavy (non-hydrogen) atoms. The first-order valence-corrected chi connectivity index (χ1v) is 8.77. The molecule has 2 rings (SSSR count). The normalized spacial score (nSPS) is 24.6. The Balaban J connectivity index is 2.08. The molecular weight excluding hydrogens is 359 g/mol. The van der Waals surface area contributed by atoms with Crippen LogP contribution in [0.3, 0.4) is 0 Å². The van der Waals surface area contributed by atoms with Crippen molar-refractivity contribution in [1.82, 2.24) is 10.2 Å². The Hall–Kier alpha value is -0.130. The molecule has 0 bridgehead atoms. The lowest BCUT2D eigenvalue weighted by Gasteiger charge is -2.43. The van der Waals surface area contributed by atoms with E-state index in [9.17, 15) is 0 Å². The molecule has 2 atom stereocenters. The van der Waals surface area contributed by atoms with Gasteiger partial charge in [0, 0.05) is 35.3 Å². The molecule has 2 nitrogen and oxygen atoms in total. The Bertz CT molecular complexity index is 414. The second kappa shape index (κ2) is 7.23. The van der Waals surface area contributed by atoms with Crippen LogP contribution in [0.5, 0.6) is 0 Å². The van der Waals surface area contributed by atoms with Gasteiger partial charge in [-0.2, -0.15) is 0 Å². The van der Waals surface area contributed by atoms with Crippen LogP contribution in [0.4, 0.5) is 0 Å². The smallest absolute Gasteiger partial charge is 0.0247 e. The topological polar surface area (TPSA) is 15.3 Å². The van der Waals surface area contributed by atoms with E-state index in [4.69, 9.17) is 0 Å². The van der Waals surface area contributed by atoms with Crippen molar-refractivity contribution in [2.45, 2.75) is 46.3 Å². The molecule has 0 spiro atoms. The highest BCUT2D eigenvalue weighted by atomic mass is 127. The Labute approximate surface area is 137 Å². The van der Waals surface area contributed by atoms with E-state index in [2.05, 4.69) is 84.8 Å². The van der Waals surface area contributed by atoms with E-state index < -0.39 is 0 Å². The van der Waals surface area contributed by atoms with Crippen LogP contribution < -0.4 is 5.32 Å². The fourth-order valence-electron chi connectivity index (χ4n) is 2.96. The zero-order chi connectivity index (χ0) is 14.7. The van der Waals surface area contributed by atoms with Crippen LogP contribution >= 0.6 is 22.6 Å². The fraction of sp³-hybridized carbons (Fsp3) is 0.647. The summed E-state index contributed by atoms with van der Waals surface area (Å²) in [6.45, 7) is 12.7. The Morgan fingerprint density at radius 2 is 1.80 bits per heavy atom. The van der Waals surface area contributed by atoms with Gasteiger partial charge >= 0.3 is 0 Å². The molecule has 1 aliphatic rings. The third-order valence-corrected chi connectivity index (χ3v) is 5.08. The summed E-state index contributed by atoms with van der Waals surface area (Å²) >= 11 is 2.37. The van der Waals surface area contributed by atoms with E-state index in [1.807, 2.05) is 0 Å². The maximum absolute atomic E-state index is 3.73. The van der Waals surface area contributed by atoms with Crippen LogP contribution in [-0.2, 0) is 6.54 Å². The monoisotopic (exact) mass is 386 g/mol. The van der Waals surface area contributed by atoms with Gasteiger partial charge in [-0.05, 0) is 52.1 Å². The summed E-state index contributed by atoms with van der Waals surface area (Å²) in [6.07, 6.45) is 0. The first-order chi connectivity index (χ1) is 9.47. The van der Waals surface area contributed by atoms with Crippen LogP contribution in [0, 0.1) is 15.4 Å². The summed E-state index contributed by atoms with van der Waals surface area (Å²) in [5.74, 6) is 1.39. The minimum Gasteiger partial charge on any atom is -0.311 e. The summed E-state index contributed by atoms with van der Waals surface area (Å²) in [5.41, 5.74) is 1.43. The SMILES string of the molecule is CC(C)C1CN(Cc2ccc(I)cc2)C(C(C)C)CN1. The molecular formula is C17H27IN2. The molecule has 0 saturated carbocycles. The van der Waals surface area contributed by atoms with Crippen molar-refractivity contribution in [1.29, 1.82) is 0 Å². The molecule has 0 radical (unpaired) electrons. The molecule has 2 unspecified atom stereocenters. The zero-order valence-corrected chi connectivity index (χ0v) is 15.2. The lowest BCUT2D eigenvalue weighted by Crippen LogP contribution is -2.59. The fourth-order valence-corrected chi connectivity index (χ4v) is 3.32. The van der Waals surface area contributed by atoms with Gasteiger partial charge < -0.3 is 5.32 Å². The molecule has 0 amide bonds. The van der Waals surface area contributed by atoms with Crippen LogP contribution in [0.15, 0.2) is 24.3 Å². The molecule has 1 heterocycles. The molecule has 1 aromatic carbocycles. The van der Waals surface area contributed by atoms with Crippen LogP contribution in [0.25, 0.3) is 0 Å². The Morgan fingerprint density at radius 1 is 1.15 bits per heavy atom. The number of hydrogen-bond acceptors (Lipinski definition) is 2. The number of hydrogen-bond donors (Lipinski definition) is 1. The van der Waals surface area contributed by atoms with Crippen LogP contribution in [0.2, 0.25) is 0 Å². The van der Waals surface area contributed by atoms with Gasteiger partial charge in [0.05, 0.1) is 0 Å². The van der Waals surface area contributed by atoms with Gasteiger partial charge in [0.1, 0.15) is 0 Å². The average molecular weight is 386 g/mol. The van der Waals surface area contributed by atoms with Crippen molar-refractivity contribution in [3.8, 4) is 0 Å². The van der Waals surface area contributed by atoms with Crippen molar-refractivity contribution < 1.29 is 0 Å². The average Bonchev–Trinajstić information content (AvgIpc) is 2.41. The number of piperazine rings is 1. The predicted octanol–water partition coefficient (Wildman–Crippen LogP) is 3.75. The summed E-state index contributed by atoms with van der Waals surface area (Å²) in [4.78, 5) is 2.67. The summed E-state index contributed by atoms with van der Waals surface area (Å²) in [6, 6.07) is 10.2. The molecule has 112 valence electrons. The van der Waals surface area contributed by atoms with Crippen molar-refractivity contribution in [3.05, 3.63) is 33.4 Å². The first kappa shape index (κ1) is 16.2. The third-order valence-electron chi connectivity index (χ3n) is 4.36. The lowest BCUT2D eigenvalue weighted by molar-refractivity contribution is 0.0784. The van der Waals surface area contributed by atoms with Gasteiger partial charge in [0.25, 0.3) is 0 Å². The van der Waals surface area contributed by atoms with E-state index >= 15 is 0 Å². The van der Waals surface area contributed by atoms with Gasteiger partial charge in [-0.15, -0.1) is 0 Å². The van der Waals surface area contributed by atoms with Crippen molar-refractivity contribution in [2.75, 3.05) is 13.1 Å². The lowest BCUT2D eigenvalue weighted by atomic mass is 9.94. The molecule has 1 aliphatic heterocycles. The van der Waals surface area contributed by atoms with Crippen molar-refractivity contribution in [3.63, 3.8) is 0 Å². The number of benzene rings is 1. The number of nitrogens with zero attached hydrogens (tertiary/aromatic N) is 1. The quantitative estimate of drug-likeness (QED) is 0.794. The van der Waals surface area contributed by atoms with E-state index in [1.165, 1.54) is 9.13 Å². The van der Waals surface area contributed by atoms with E-state index in [-0.39, 0.29) is 0 Å². The van der Waals surface area contributed by atoms with Crippen LogP contribution in [-0.4, -0.2) is 30.1 Å². The molecule has 0 aliphatic carbocycles. The number of rotatable bonds is 4. The van der Waals surface area contributed by atoms with E-state index in [1.54, 1.807) is 0 Å². The Morgan fingerprint density at radius 3 is 2.35 bits per heavy atom. The highest BCUT2D eigenvalue weighted by molar-refractivity contribution is 14.1. The summed E-state index contributed by atoms with van der Waals surface area (Å²) in [5, 5.41) is 3.73. The summed E-state index contributed by atoms with van der Waals surface area (Å²) in [7, 11) is 0. The van der Waals surface area contributed by atoms with Crippen LogP contribution in [0.1, 0.15) is 33.3 Å². The minimum atomic E-state index is 0.619. The summed E-state index contributed by atoms with van der Waals surface area (Å²) < 4.78 is 1.31. The zero-order valence-electron chi connectivity index (χ0n) is 13.1. The van der Waals surface area contributed by atoms with E-state index in [0.29, 0.717) is 23.9 Å². The standard InChI is InChI=1S/C17H27IN2/c1-12(2)16-11-20(17(9-19-16)13(3)4)10-14-5-7-15(18)8-6-14/h5-8,12-13,16-17,19H,9-11H2,1-4H3. The molecule has 3 heteroatoms. The maximum atomic E-state index is 3.73.